The Kier molecular flexibility index (Phi) is 7.94. The maximum Gasteiger partial charge on any atom is 0.243 e. The second kappa shape index (κ2) is 14.1. The van der Waals surface area contributed by atoms with Gasteiger partial charge in [-0.05, 0) is 46.0 Å². The van der Waals surface area contributed by atoms with Crippen molar-refractivity contribution in [3.63, 3.8) is 0 Å². The Bertz CT molecular complexity index is 3720. The van der Waals surface area contributed by atoms with E-state index >= 15 is 0 Å². The van der Waals surface area contributed by atoms with E-state index in [0.717, 1.165) is 71.3 Å². The molecule has 9 aromatic carbocycles. The predicted molar refractivity (Wildman–Crippen MR) is 261 cm³/mol. The second-order valence-corrected chi connectivity index (χ2v) is 16.3. The normalized spacial score (nSPS) is 12.1. The summed E-state index contributed by atoms with van der Waals surface area (Å²) in [6, 6.07) is 78.6. The van der Waals surface area contributed by atoms with E-state index in [1.165, 1.54) is 27.6 Å². The Morgan fingerprint density at radius 1 is 0.286 bits per heavy atom. The van der Waals surface area contributed by atoms with Crippen LogP contribution in [0.5, 0.6) is 0 Å². The third-order valence-electron chi connectivity index (χ3n) is 12.9. The number of para-hydroxylation sites is 4. The zero-order chi connectivity index (χ0) is 41.4. The van der Waals surface area contributed by atoms with Crippen molar-refractivity contribution in [2.45, 2.75) is 0 Å². The van der Waals surface area contributed by atoms with Gasteiger partial charge in [0.15, 0.2) is 5.82 Å². The molecule has 63 heavy (non-hydrogen) atoms. The molecule has 12 aromatic rings. The van der Waals surface area contributed by atoms with Crippen molar-refractivity contribution in [2.24, 2.45) is 0 Å². The van der Waals surface area contributed by atoms with Crippen LogP contribution in [-0.2, 0) is 0 Å². The molecular formula is C57H36BN5. The van der Waals surface area contributed by atoms with Crippen LogP contribution < -0.4 is 16.4 Å². The van der Waals surface area contributed by atoms with Crippen molar-refractivity contribution in [2.75, 3.05) is 0 Å². The second-order valence-electron chi connectivity index (χ2n) is 16.3. The van der Waals surface area contributed by atoms with Crippen LogP contribution in [0.3, 0.4) is 0 Å². The minimum absolute atomic E-state index is 0.213. The summed E-state index contributed by atoms with van der Waals surface area (Å²) in [7, 11) is 0. The number of aromatic nitrogens is 5. The Morgan fingerprint density at radius 2 is 0.698 bits per heavy atom. The summed E-state index contributed by atoms with van der Waals surface area (Å²) < 4.78 is 4.48. The lowest BCUT2D eigenvalue weighted by Crippen LogP contribution is -2.54. The molecule has 13 rings (SSSR count). The molecule has 0 fully saturated rings. The van der Waals surface area contributed by atoms with E-state index in [1.54, 1.807) is 0 Å². The van der Waals surface area contributed by atoms with Crippen LogP contribution >= 0.6 is 0 Å². The van der Waals surface area contributed by atoms with Gasteiger partial charge in [0, 0.05) is 32.7 Å². The maximum atomic E-state index is 5.60. The first-order valence-corrected chi connectivity index (χ1v) is 21.5. The molecule has 1 aliphatic heterocycles. The fourth-order valence-electron chi connectivity index (χ4n) is 10.3. The van der Waals surface area contributed by atoms with Crippen LogP contribution in [0, 0.1) is 0 Å². The predicted octanol–water partition coefficient (Wildman–Crippen LogP) is 11.6. The highest BCUT2D eigenvalue weighted by atomic mass is 15.3. The van der Waals surface area contributed by atoms with Gasteiger partial charge in [0.2, 0.25) is 18.6 Å². The van der Waals surface area contributed by atoms with E-state index < -0.39 is 0 Å². The molecule has 0 spiro atoms. The summed E-state index contributed by atoms with van der Waals surface area (Å²) in [5.41, 5.74) is 15.5. The molecule has 0 N–H and O–H groups in total. The Labute approximate surface area is 364 Å². The van der Waals surface area contributed by atoms with Crippen molar-refractivity contribution in [3.05, 3.63) is 218 Å². The van der Waals surface area contributed by atoms with Crippen LogP contribution in [0.4, 0.5) is 0 Å². The molecule has 6 heteroatoms. The molecule has 0 saturated heterocycles. The third kappa shape index (κ3) is 5.41. The number of rotatable bonds is 3. The summed E-state index contributed by atoms with van der Waals surface area (Å²) in [5.74, 6) is 1.72. The first kappa shape index (κ1) is 35.4. The van der Waals surface area contributed by atoms with Gasteiger partial charge >= 0.3 is 0 Å². The molecular weight excluding hydrogens is 765 g/mol. The molecule has 0 amide bonds. The molecule has 0 atom stereocenters. The quantitative estimate of drug-likeness (QED) is 0.167. The number of fused-ring (bicyclic) bond motifs is 15. The molecule has 0 aliphatic carbocycles. The van der Waals surface area contributed by atoms with Crippen molar-refractivity contribution < 1.29 is 0 Å². The molecule has 4 heterocycles. The fraction of sp³-hybridized carbons (Fsp3) is 0. The fourth-order valence-corrected chi connectivity index (χ4v) is 10.3. The van der Waals surface area contributed by atoms with E-state index in [0.29, 0.717) is 17.7 Å². The van der Waals surface area contributed by atoms with E-state index in [-0.39, 0.29) is 6.71 Å². The van der Waals surface area contributed by atoms with Gasteiger partial charge < -0.3 is 0 Å². The molecule has 3 aromatic heterocycles. The van der Waals surface area contributed by atoms with Gasteiger partial charge in [0.1, 0.15) is 0 Å². The average molecular weight is 802 g/mol. The standard InChI is InChI=1S/C57H36BN5/c1-2-19-37(20-3-1)38-21-6-12-31-48(38)58-49-32-13-7-24-41(49)39-22-4-5-23-40(39)45-29-18-30-46-44-27-11-17-36-53(44)63(54(45)46)57-60-55(47-28-8-14-33-50(47)58)59-56(61-57)62-51-34-15-9-25-42(51)43-26-10-16-35-52(43)62/h1-36H. The number of hydrogen-bond acceptors (Lipinski definition) is 3. The van der Waals surface area contributed by atoms with Gasteiger partial charge in [-0.25, -0.2) is 0 Å². The van der Waals surface area contributed by atoms with Crippen LogP contribution in [0.25, 0.3) is 100 Å². The van der Waals surface area contributed by atoms with E-state index in [2.05, 4.69) is 228 Å². The van der Waals surface area contributed by atoms with Gasteiger partial charge in [-0.15, -0.1) is 0 Å². The van der Waals surface area contributed by atoms with Crippen molar-refractivity contribution in [1.82, 2.24) is 24.1 Å². The average Bonchev–Trinajstić information content (AvgIpc) is 3.88. The summed E-state index contributed by atoms with van der Waals surface area (Å²) in [4.78, 5) is 16.7. The van der Waals surface area contributed by atoms with Gasteiger partial charge in [0.05, 0.1) is 22.1 Å². The molecule has 2 bridgehead atoms. The molecule has 5 nitrogen and oxygen atoms in total. The summed E-state index contributed by atoms with van der Waals surface area (Å²) in [5, 5.41) is 4.56. The minimum Gasteiger partial charge on any atom is -0.278 e. The van der Waals surface area contributed by atoms with Crippen molar-refractivity contribution in [1.29, 1.82) is 0 Å². The summed E-state index contributed by atoms with van der Waals surface area (Å²) in [6.45, 7) is -0.213. The monoisotopic (exact) mass is 801 g/mol. The molecule has 0 radical (unpaired) electrons. The highest BCUT2D eigenvalue weighted by Crippen LogP contribution is 2.42. The molecule has 0 saturated carbocycles. The third-order valence-corrected chi connectivity index (χ3v) is 12.9. The minimum atomic E-state index is -0.213. The van der Waals surface area contributed by atoms with Crippen LogP contribution in [0.15, 0.2) is 218 Å². The summed E-state index contributed by atoms with van der Waals surface area (Å²) in [6.07, 6.45) is 0. The van der Waals surface area contributed by atoms with Gasteiger partial charge in [-0.3, -0.25) is 9.13 Å². The Balaban J connectivity index is 1.23. The largest absolute Gasteiger partial charge is 0.278 e. The highest BCUT2D eigenvalue weighted by Gasteiger charge is 2.32. The first-order chi connectivity index (χ1) is 31.3. The lowest BCUT2D eigenvalue weighted by atomic mass is 9.34. The van der Waals surface area contributed by atoms with Crippen LogP contribution in [0.1, 0.15) is 0 Å². The van der Waals surface area contributed by atoms with Gasteiger partial charge in [0.25, 0.3) is 0 Å². The smallest absolute Gasteiger partial charge is 0.243 e. The topological polar surface area (TPSA) is 48.5 Å². The molecule has 1 aliphatic rings. The number of benzene rings is 9. The Hall–Kier alpha value is -8.35. The number of hydrogen-bond donors (Lipinski definition) is 0. The van der Waals surface area contributed by atoms with E-state index in [9.17, 15) is 0 Å². The lowest BCUT2D eigenvalue weighted by Gasteiger charge is -2.24. The Morgan fingerprint density at radius 3 is 1.35 bits per heavy atom. The van der Waals surface area contributed by atoms with Crippen molar-refractivity contribution >= 4 is 66.7 Å². The van der Waals surface area contributed by atoms with Gasteiger partial charge in [-0.2, -0.15) is 15.0 Å². The van der Waals surface area contributed by atoms with Crippen LogP contribution in [-0.4, -0.2) is 30.8 Å². The highest BCUT2D eigenvalue weighted by molar-refractivity contribution is 6.97. The molecule has 292 valence electrons. The van der Waals surface area contributed by atoms with E-state index in [4.69, 9.17) is 15.0 Å². The zero-order valence-electron chi connectivity index (χ0n) is 34.1. The SMILES string of the molecule is c1ccc(-c2ccccc2B2c3ccccc3-c3nc(-n4c5ccccc5c5ccccc54)nc(n3)-n3c4ccccc4c4cccc(c43)-c3ccccc3-c3ccccc32)cc1. The summed E-state index contributed by atoms with van der Waals surface area (Å²) >= 11 is 0. The zero-order valence-corrected chi connectivity index (χ0v) is 34.1. The lowest BCUT2D eigenvalue weighted by molar-refractivity contribution is 0.893. The van der Waals surface area contributed by atoms with Crippen molar-refractivity contribution in [3.8, 4) is 56.7 Å². The number of nitrogens with zero attached hydrogens (tertiary/aromatic N) is 5. The maximum absolute atomic E-state index is 5.60. The van der Waals surface area contributed by atoms with Gasteiger partial charge in [-0.1, -0.05) is 217 Å². The first-order valence-electron chi connectivity index (χ1n) is 21.5. The molecule has 0 unspecified atom stereocenters. The van der Waals surface area contributed by atoms with E-state index in [1.807, 2.05) is 0 Å². The van der Waals surface area contributed by atoms with Crippen LogP contribution in [0.2, 0.25) is 0 Å².